The number of nitrogens with one attached hydrogen (secondary N) is 3. The van der Waals surface area contributed by atoms with E-state index in [-0.39, 0.29) is 0 Å². The molecule has 0 saturated carbocycles. The summed E-state index contributed by atoms with van der Waals surface area (Å²) in [6.07, 6.45) is 4.72. The molecule has 2 unspecified atom stereocenters. The molecular formula is C21H25N7O. The van der Waals surface area contributed by atoms with Crippen LogP contribution in [0, 0.1) is 5.41 Å². The van der Waals surface area contributed by atoms with Crippen molar-refractivity contribution in [2.24, 2.45) is 5.73 Å². The molecule has 2 bridgehead atoms. The van der Waals surface area contributed by atoms with Gasteiger partial charge in [0.2, 0.25) is 5.95 Å². The zero-order valence-electron chi connectivity index (χ0n) is 16.2. The molecule has 5 rings (SSSR count). The molecule has 2 atom stereocenters. The number of ether oxygens (including phenoxy) is 1. The number of fused-ring (bicyclic) bond motifs is 3. The third-order valence-corrected chi connectivity index (χ3v) is 5.95. The van der Waals surface area contributed by atoms with Gasteiger partial charge in [-0.05, 0) is 24.1 Å². The summed E-state index contributed by atoms with van der Waals surface area (Å²) in [7, 11) is 0. The van der Waals surface area contributed by atoms with E-state index in [9.17, 15) is 0 Å². The van der Waals surface area contributed by atoms with Crippen LogP contribution in [-0.4, -0.2) is 48.0 Å². The molecule has 29 heavy (non-hydrogen) atoms. The molecule has 0 amide bonds. The van der Waals surface area contributed by atoms with E-state index in [2.05, 4.69) is 15.5 Å². The molecule has 0 radical (unpaired) electrons. The quantitative estimate of drug-likeness (QED) is 0.575. The van der Waals surface area contributed by atoms with Crippen LogP contribution in [0.4, 0.5) is 17.5 Å². The highest BCUT2D eigenvalue weighted by molar-refractivity contribution is 6.08. The number of benzene rings is 1. The molecule has 2 saturated heterocycles. The first-order valence-corrected chi connectivity index (χ1v) is 10.0. The van der Waals surface area contributed by atoms with E-state index in [1.165, 1.54) is 18.8 Å². The zero-order valence-corrected chi connectivity index (χ0v) is 16.2. The maximum atomic E-state index is 7.45. The van der Waals surface area contributed by atoms with Gasteiger partial charge in [-0.3, -0.25) is 0 Å². The summed E-state index contributed by atoms with van der Waals surface area (Å²) in [4.78, 5) is 12.2. The molecule has 3 aliphatic heterocycles. The SMILES string of the molecule is N=CC(=CN)c1ccc(Nc2nc(N3C4CNCC3C4)nc3c2COCC3)cc1. The zero-order chi connectivity index (χ0) is 19.8. The molecule has 2 aromatic rings. The van der Waals surface area contributed by atoms with Crippen molar-refractivity contribution in [1.82, 2.24) is 15.3 Å². The van der Waals surface area contributed by atoms with E-state index in [1.807, 2.05) is 24.3 Å². The number of hydrogen-bond acceptors (Lipinski definition) is 8. The lowest BCUT2D eigenvalue weighted by Gasteiger charge is -2.53. The largest absolute Gasteiger partial charge is 0.404 e. The fraction of sp³-hybridized carbons (Fsp3) is 0.381. The molecule has 0 aliphatic carbocycles. The minimum absolute atomic E-state index is 0.487. The minimum atomic E-state index is 0.487. The van der Waals surface area contributed by atoms with Crippen LogP contribution in [0.2, 0.25) is 0 Å². The second-order valence-corrected chi connectivity index (χ2v) is 7.68. The normalized spacial score (nSPS) is 23.2. The Morgan fingerprint density at radius 1 is 1.24 bits per heavy atom. The number of rotatable bonds is 5. The highest BCUT2D eigenvalue weighted by Crippen LogP contribution is 2.35. The first kappa shape index (κ1) is 18.1. The smallest absolute Gasteiger partial charge is 0.228 e. The van der Waals surface area contributed by atoms with Gasteiger partial charge in [-0.1, -0.05) is 12.1 Å². The lowest BCUT2D eigenvalue weighted by Crippen LogP contribution is -2.68. The summed E-state index contributed by atoms with van der Waals surface area (Å²) in [5, 5.41) is 14.4. The Morgan fingerprint density at radius 3 is 2.72 bits per heavy atom. The first-order valence-electron chi connectivity index (χ1n) is 10.0. The van der Waals surface area contributed by atoms with Crippen LogP contribution in [0.1, 0.15) is 23.2 Å². The Labute approximate surface area is 169 Å². The summed E-state index contributed by atoms with van der Waals surface area (Å²) >= 11 is 0. The van der Waals surface area contributed by atoms with Crippen LogP contribution >= 0.6 is 0 Å². The van der Waals surface area contributed by atoms with Gasteiger partial charge in [0.15, 0.2) is 0 Å². The van der Waals surface area contributed by atoms with Crippen molar-refractivity contribution in [3.05, 3.63) is 47.3 Å². The van der Waals surface area contributed by atoms with Crippen molar-refractivity contribution in [1.29, 1.82) is 5.41 Å². The topological polar surface area (TPSA) is 112 Å². The number of anilines is 3. The summed E-state index contributed by atoms with van der Waals surface area (Å²) < 4.78 is 5.68. The molecule has 8 heteroatoms. The molecular weight excluding hydrogens is 366 g/mol. The highest BCUT2D eigenvalue weighted by atomic mass is 16.5. The fourth-order valence-electron chi connectivity index (χ4n) is 4.36. The predicted octanol–water partition coefficient (Wildman–Crippen LogP) is 1.79. The van der Waals surface area contributed by atoms with Gasteiger partial charge in [0.05, 0.1) is 18.9 Å². The van der Waals surface area contributed by atoms with E-state index in [4.69, 9.17) is 25.8 Å². The molecule has 150 valence electrons. The average molecular weight is 391 g/mol. The molecule has 0 spiro atoms. The van der Waals surface area contributed by atoms with Crippen molar-refractivity contribution in [3.8, 4) is 0 Å². The van der Waals surface area contributed by atoms with Crippen molar-refractivity contribution in [3.63, 3.8) is 0 Å². The Hall–Kier alpha value is -2.97. The molecule has 1 aromatic heterocycles. The van der Waals surface area contributed by atoms with E-state index < -0.39 is 0 Å². The van der Waals surface area contributed by atoms with Crippen molar-refractivity contribution in [2.75, 3.05) is 29.9 Å². The van der Waals surface area contributed by atoms with E-state index in [0.717, 1.165) is 53.8 Å². The van der Waals surface area contributed by atoms with Crippen LogP contribution < -0.4 is 21.3 Å². The summed E-state index contributed by atoms with van der Waals surface area (Å²) in [5.74, 6) is 1.64. The van der Waals surface area contributed by atoms with Gasteiger partial charge in [0, 0.05) is 60.8 Å². The highest BCUT2D eigenvalue weighted by Gasteiger charge is 2.43. The maximum absolute atomic E-state index is 7.45. The van der Waals surface area contributed by atoms with E-state index in [0.29, 0.717) is 30.9 Å². The third-order valence-electron chi connectivity index (χ3n) is 5.95. The Kier molecular flexibility index (Phi) is 4.65. The lowest BCUT2D eigenvalue weighted by atomic mass is 9.89. The number of piperazine rings is 1. The summed E-state index contributed by atoms with van der Waals surface area (Å²) in [6, 6.07) is 8.82. The van der Waals surface area contributed by atoms with Crippen LogP contribution in [0.25, 0.3) is 5.57 Å². The molecule has 4 heterocycles. The fourth-order valence-corrected chi connectivity index (χ4v) is 4.36. The lowest BCUT2D eigenvalue weighted by molar-refractivity contribution is 0.109. The first-order chi connectivity index (χ1) is 14.3. The van der Waals surface area contributed by atoms with Crippen molar-refractivity contribution in [2.45, 2.75) is 31.5 Å². The van der Waals surface area contributed by atoms with Gasteiger partial charge in [-0.2, -0.15) is 4.98 Å². The average Bonchev–Trinajstić information content (AvgIpc) is 2.76. The van der Waals surface area contributed by atoms with Gasteiger partial charge in [-0.15, -0.1) is 0 Å². The Bertz CT molecular complexity index is 942. The van der Waals surface area contributed by atoms with Crippen LogP contribution in [0.5, 0.6) is 0 Å². The van der Waals surface area contributed by atoms with Crippen molar-refractivity contribution < 1.29 is 4.74 Å². The second kappa shape index (κ2) is 7.46. The number of piperidine rings is 1. The summed E-state index contributed by atoms with van der Waals surface area (Å²) in [5.41, 5.74) is 10.2. The van der Waals surface area contributed by atoms with Gasteiger partial charge < -0.3 is 31.4 Å². The molecule has 5 N–H and O–H groups in total. The number of hydrogen-bond donors (Lipinski definition) is 4. The monoisotopic (exact) mass is 391 g/mol. The predicted molar refractivity (Wildman–Crippen MR) is 114 cm³/mol. The van der Waals surface area contributed by atoms with E-state index >= 15 is 0 Å². The second-order valence-electron chi connectivity index (χ2n) is 7.68. The maximum Gasteiger partial charge on any atom is 0.228 e. The van der Waals surface area contributed by atoms with Crippen LogP contribution in [0.3, 0.4) is 0 Å². The van der Waals surface area contributed by atoms with Gasteiger partial charge >= 0.3 is 0 Å². The standard InChI is InChI=1S/C21H25N7O/c22-8-14(9-23)13-1-3-15(4-2-13)25-20-18-12-29-6-5-19(18)26-21(27-20)28-16-7-17(28)11-24-10-16/h1-4,8-9,16-17,22,24H,5-7,10-12,23H2,(H,25,26,27). The molecule has 8 nitrogen and oxygen atoms in total. The van der Waals surface area contributed by atoms with Gasteiger partial charge in [-0.25, -0.2) is 4.98 Å². The number of aromatic nitrogens is 2. The van der Waals surface area contributed by atoms with Gasteiger partial charge in [0.1, 0.15) is 5.82 Å². The van der Waals surface area contributed by atoms with Gasteiger partial charge in [0.25, 0.3) is 0 Å². The third kappa shape index (κ3) is 3.24. The van der Waals surface area contributed by atoms with E-state index in [1.54, 1.807) is 0 Å². The number of nitrogens with zero attached hydrogens (tertiary/aromatic N) is 3. The number of allylic oxidation sites excluding steroid dienone is 1. The minimum Gasteiger partial charge on any atom is -0.404 e. The number of nitrogens with two attached hydrogens (primary N) is 1. The summed E-state index contributed by atoms with van der Waals surface area (Å²) in [6.45, 7) is 3.21. The van der Waals surface area contributed by atoms with Crippen molar-refractivity contribution >= 4 is 29.2 Å². The molecule has 3 aliphatic rings. The Balaban J connectivity index is 1.46. The molecule has 1 aromatic carbocycles. The van der Waals surface area contributed by atoms with Crippen LogP contribution in [0.15, 0.2) is 30.5 Å². The Morgan fingerprint density at radius 2 is 2.03 bits per heavy atom. The van der Waals surface area contributed by atoms with Crippen LogP contribution in [-0.2, 0) is 17.8 Å². The molecule has 2 fully saturated rings.